The summed E-state index contributed by atoms with van der Waals surface area (Å²) >= 11 is 0. The summed E-state index contributed by atoms with van der Waals surface area (Å²) in [5.74, 6) is -0.179. The van der Waals surface area contributed by atoms with Gasteiger partial charge in [0.25, 0.3) is 0 Å². The third-order valence-electron chi connectivity index (χ3n) is 3.12. The van der Waals surface area contributed by atoms with Gasteiger partial charge in [-0.2, -0.15) is 0 Å². The first-order valence-electron chi connectivity index (χ1n) is 6.46. The molecule has 19 heavy (non-hydrogen) atoms. The molecule has 0 fully saturated rings. The fraction of sp³-hybridized carbons (Fsp3) is 0.312. The Morgan fingerprint density at radius 1 is 1.16 bits per heavy atom. The van der Waals surface area contributed by atoms with Crippen molar-refractivity contribution in [2.24, 2.45) is 0 Å². The van der Waals surface area contributed by atoms with E-state index in [1.165, 1.54) is 29.0 Å². The maximum atomic E-state index is 11.0. The van der Waals surface area contributed by atoms with Gasteiger partial charge >= 0.3 is 5.97 Å². The summed E-state index contributed by atoms with van der Waals surface area (Å²) in [5, 5.41) is 5.75. The molecule has 0 unspecified atom stereocenters. The smallest absolute Gasteiger partial charge is 0.306 e. The lowest BCUT2D eigenvalue weighted by atomic mass is 10.0. The molecule has 0 aromatic heterocycles. The van der Waals surface area contributed by atoms with Crippen LogP contribution in [0.5, 0.6) is 0 Å². The number of rotatable bonds is 5. The monoisotopic (exact) mass is 257 g/mol. The number of carbonyl (C=O) groups excluding carboxylic acids is 1. The number of ether oxygens (including phenoxy) is 1. The number of benzene rings is 2. The Labute approximate surface area is 113 Å². The Kier molecular flexibility index (Phi) is 4.53. The van der Waals surface area contributed by atoms with E-state index in [1.807, 2.05) is 0 Å². The van der Waals surface area contributed by atoms with Gasteiger partial charge in [-0.3, -0.25) is 4.79 Å². The van der Waals surface area contributed by atoms with Gasteiger partial charge in [0.05, 0.1) is 13.5 Å². The van der Waals surface area contributed by atoms with Crippen LogP contribution >= 0.6 is 0 Å². The van der Waals surface area contributed by atoms with Gasteiger partial charge < -0.3 is 10.1 Å². The lowest BCUT2D eigenvalue weighted by Gasteiger charge is -2.06. The van der Waals surface area contributed by atoms with Crippen LogP contribution in [-0.2, 0) is 16.1 Å². The first-order chi connectivity index (χ1) is 9.19. The fourth-order valence-electron chi connectivity index (χ4n) is 2.05. The van der Waals surface area contributed by atoms with Crippen molar-refractivity contribution in [1.29, 1.82) is 0 Å². The van der Waals surface area contributed by atoms with Gasteiger partial charge in [0, 0.05) is 13.1 Å². The van der Waals surface area contributed by atoms with Gasteiger partial charge in [0.2, 0.25) is 0 Å². The van der Waals surface area contributed by atoms with Crippen molar-refractivity contribution < 1.29 is 9.53 Å². The Bertz CT molecular complexity index is 578. The molecule has 0 bridgehead atoms. The topological polar surface area (TPSA) is 38.3 Å². The van der Waals surface area contributed by atoms with E-state index in [0.717, 1.165) is 6.54 Å². The summed E-state index contributed by atoms with van der Waals surface area (Å²) in [6.45, 7) is 3.50. The van der Waals surface area contributed by atoms with Crippen LogP contribution in [0.1, 0.15) is 17.5 Å². The fourth-order valence-corrected chi connectivity index (χ4v) is 2.05. The van der Waals surface area contributed by atoms with Crippen LogP contribution in [0.2, 0.25) is 0 Å². The van der Waals surface area contributed by atoms with Crippen LogP contribution in [0.25, 0.3) is 10.8 Å². The first kappa shape index (κ1) is 13.6. The van der Waals surface area contributed by atoms with Crippen molar-refractivity contribution in [3.8, 4) is 0 Å². The number of esters is 1. The molecule has 0 amide bonds. The summed E-state index contributed by atoms with van der Waals surface area (Å²) in [7, 11) is 1.41. The van der Waals surface area contributed by atoms with Gasteiger partial charge in [0.15, 0.2) is 0 Å². The average molecular weight is 257 g/mol. The second kappa shape index (κ2) is 6.34. The third kappa shape index (κ3) is 3.80. The number of carbonyl (C=O) groups is 1. The molecule has 0 atom stereocenters. The highest BCUT2D eigenvalue weighted by molar-refractivity contribution is 5.83. The van der Waals surface area contributed by atoms with E-state index in [4.69, 9.17) is 0 Å². The van der Waals surface area contributed by atoms with Crippen molar-refractivity contribution in [2.45, 2.75) is 19.9 Å². The molecule has 0 aliphatic carbocycles. The predicted molar refractivity (Wildman–Crippen MR) is 77.0 cm³/mol. The van der Waals surface area contributed by atoms with Crippen molar-refractivity contribution in [2.75, 3.05) is 13.7 Å². The molecule has 0 saturated carbocycles. The Hall–Kier alpha value is -1.87. The zero-order valence-electron chi connectivity index (χ0n) is 11.4. The Balaban J connectivity index is 1.94. The van der Waals surface area contributed by atoms with Crippen LogP contribution in [0.4, 0.5) is 0 Å². The number of hydrogen-bond acceptors (Lipinski definition) is 3. The molecule has 2 aromatic rings. The van der Waals surface area contributed by atoms with Crippen molar-refractivity contribution in [3.63, 3.8) is 0 Å². The molecule has 0 saturated heterocycles. The summed E-state index contributed by atoms with van der Waals surface area (Å²) in [5.41, 5.74) is 2.50. The molecule has 1 N–H and O–H groups in total. The first-order valence-corrected chi connectivity index (χ1v) is 6.46. The predicted octanol–water partition coefficient (Wildman–Crippen LogP) is 2.80. The van der Waals surface area contributed by atoms with E-state index >= 15 is 0 Å². The summed E-state index contributed by atoms with van der Waals surface area (Å²) in [6, 6.07) is 12.9. The van der Waals surface area contributed by atoms with Crippen LogP contribution in [0, 0.1) is 6.92 Å². The van der Waals surface area contributed by atoms with Gasteiger partial charge in [-0.25, -0.2) is 0 Å². The van der Waals surface area contributed by atoms with Gasteiger partial charge in [0.1, 0.15) is 0 Å². The highest BCUT2D eigenvalue weighted by Gasteiger charge is 2.00. The molecule has 0 radical (unpaired) electrons. The Morgan fingerprint density at radius 3 is 2.68 bits per heavy atom. The molecule has 2 rings (SSSR count). The minimum Gasteiger partial charge on any atom is -0.469 e. The molecular weight excluding hydrogens is 238 g/mol. The van der Waals surface area contributed by atoms with Gasteiger partial charge in [-0.05, 0) is 29.3 Å². The molecule has 0 heterocycles. The van der Waals surface area contributed by atoms with Crippen molar-refractivity contribution >= 4 is 16.7 Å². The van der Waals surface area contributed by atoms with Crippen molar-refractivity contribution in [3.05, 3.63) is 47.5 Å². The largest absolute Gasteiger partial charge is 0.469 e. The van der Waals surface area contributed by atoms with E-state index in [9.17, 15) is 4.79 Å². The molecule has 3 heteroatoms. The molecule has 2 aromatic carbocycles. The van der Waals surface area contributed by atoms with Crippen molar-refractivity contribution in [1.82, 2.24) is 5.32 Å². The van der Waals surface area contributed by atoms with Gasteiger partial charge in [-0.15, -0.1) is 0 Å². The van der Waals surface area contributed by atoms with E-state index in [1.54, 1.807) is 0 Å². The van der Waals surface area contributed by atoms with Gasteiger partial charge in [-0.1, -0.05) is 35.9 Å². The second-order valence-electron chi connectivity index (χ2n) is 4.69. The number of nitrogens with one attached hydrogen (secondary N) is 1. The van der Waals surface area contributed by atoms with E-state index in [2.05, 4.69) is 53.4 Å². The average Bonchev–Trinajstić information content (AvgIpc) is 2.43. The zero-order chi connectivity index (χ0) is 13.7. The molecule has 0 aliphatic heterocycles. The minimum atomic E-state index is -0.179. The minimum absolute atomic E-state index is 0.179. The number of hydrogen-bond donors (Lipinski definition) is 1. The highest BCUT2D eigenvalue weighted by atomic mass is 16.5. The molecule has 0 aliphatic rings. The molecule has 0 spiro atoms. The normalized spacial score (nSPS) is 10.6. The standard InChI is InChI=1S/C16H19NO2/c1-12-3-5-15-10-13(4-6-14(15)9-12)11-17-8-7-16(18)19-2/h3-6,9-10,17H,7-8,11H2,1-2H3. The highest BCUT2D eigenvalue weighted by Crippen LogP contribution is 2.17. The lowest BCUT2D eigenvalue weighted by Crippen LogP contribution is -2.18. The Morgan fingerprint density at radius 2 is 1.89 bits per heavy atom. The molecular formula is C16H19NO2. The summed E-state index contributed by atoms with van der Waals surface area (Å²) < 4.78 is 4.59. The maximum absolute atomic E-state index is 11.0. The van der Waals surface area contributed by atoms with E-state index in [-0.39, 0.29) is 5.97 Å². The summed E-state index contributed by atoms with van der Waals surface area (Å²) in [6.07, 6.45) is 0.406. The van der Waals surface area contributed by atoms with Crippen LogP contribution in [0.15, 0.2) is 36.4 Å². The SMILES string of the molecule is COC(=O)CCNCc1ccc2cc(C)ccc2c1. The quantitative estimate of drug-likeness (QED) is 0.661. The third-order valence-corrected chi connectivity index (χ3v) is 3.12. The number of methoxy groups -OCH3 is 1. The number of fused-ring (bicyclic) bond motifs is 1. The maximum Gasteiger partial charge on any atom is 0.306 e. The summed E-state index contributed by atoms with van der Waals surface area (Å²) in [4.78, 5) is 11.0. The van der Waals surface area contributed by atoms with Crippen LogP contribution in [-0.4, -0.2) is 19.6 Å². The molecule has 100 valence electrons. The zero-order valence-corrected chi connectivity index (χ0v) is 11.4. The second-order valence-corrected chi connectivity index (χ2v) is 4.69. The van der Waals surface area contributed by atoms with Crippen LogP contribution in [0.3, 0.4) is 0 Å². The molecule has 3 nitrogen and oxygen atoms in total. The van der Waals surface area contributed by atoms with Crippen LogP contribution < -0.4 is 5.32 Å². The lowest BCUT2D eigenvalue weighted by molar-refractivity contribution is -0.140. The van der Waals surface area contributed by atoms with E-state index < -0.39 is 0 Å². The number of aryl methyl sites for hydroxylation is 1. The van der Waals surface area contributed by atoms with E-state index in [0.29, 0.717) is 13.0 Å².